The third-order valence-electron chi connectivity index (χ3n) is 5.45. The molecule has 4 rings (SSSR count). The molecule has 1 saturated heterocycles. The summed E-state index contributed by atoms with van der Waals surface area (Å²) < 4.78 is 1.90. The monoisotopic (exact) mass is 358 g/mol. The third kappa shape index (κ3) is 2.76. The number of rotatable bonds is 3. The molecule has 0 bridgehead atoms. The minimum atomic E-state index is -0.335. The van der Waals surface area contributed by atoms with Gasteiger partial charge in [-0.2, -0.15) is 5.10 Å². The lowest BCUT2D eigenvalue weighted by atomic mass is 9.91. The van der Waals surface area contributed by atoms with Gasteiger partial charge in [-0.05, 0) is 30.7 Å². The molecule has 2 aliphatic rings. The van der Waals surface area contributed by atoms with Gasteiger partial charge in [-0.25, -0.2) is 0 Å². The number of aryl methyl sites for hydroxylation is 1. The lowest BCUT2D eigenvalue weighted by molar-refractivity contribution is -0.128. The van der Waals surface area contributed by atoms with E-state index in [0.717, 1.165) is 29.7 Å². The highest BCUT2D eigenvalue weighted by Gasteiger charge is 2.43. The molecule has 1 fully saturated rings. The summed E-state index contributed by atoms with van der Waals surface area (Å²) in [7, 11) is 3.74. The summed E-state index contributed by atoms with van der Waals surface area (Å²) in [6.07, 6.45) is 5.10. The van der Waals surface area contributed by atoms with Crippen LogP contribution < -0.4 is 5.32 Å². The number of nitrogens with one attached hydrogen (secondary N) is 1. The van der Waals surface area contributed by atoms with Crippen molar-refractivity contribution in [3.05, 3.63) is 39.8 Å². The van der Waals surface area contributed by atoms with Crippen LogP contribution in [-0.4, -0.2) is 33.5 Å². The summed E-state index contributed by atoms with van der Waals surface area (Å²) in [6, 6.07) is 3.80. The molecule has 0 spiro atoms. The number of fused-ring (bicyclic) bond motifs is 1. The molecule has 1 aliphatic carbocycles. The Hall–Kier alpha value is -2.15. The van der Waals surface area contributed by atoms with Crippen molar-refractivity contribution in [1.29, 1.82) is 0 Å². The molecule has 2 aromatic heterocycles. The molecule has 1 N–H and O–H groups in total. The van der Waals surface area contributed by atoms with Crippen LogP contribution in [0.1, 0.15) is 47.5 Å². The summed E-state index contributed by atoms with van der Waals surface area (Å²) >= 11 is 1.60. The molecule has 0 saturated carbocycles. The molecule has 3 atom stereocenters. The van der Waals surface area contributed by atoms with Crippen LogP contribution >= 0.6 is 11.3 Å². The van der Waals surface area contributed by atoms with Crippen LogP contribution in [0.25, 0.3) is 0 Å². The van der Waals surface area contributed by atoms with Crippen molar-refractivity contribution in [2.24, 2.45) is 13.0 Å². The van der Waals surface area contributed by atoms with E-state index in [0.29, 0.717) is 0 Å². The van der Waals surface area contributed by atoms with Crippen molar-refractivity contribution in [3.63, 3.8) is 0 Å². The molecule has 6 nitrogen and oxygen atoms in total. The van der Waals surface area contributed by atoms with E-state index < -0.39 is 0 Å². The van der Waals surface area contributed by atoms with Crippen LogP contribution in [0.5, 0.6) is 0 Å². The summed E-state index contributed by atoms with van der Waals surface area (Å²) in [5.41, 5.74) is 2.32. The standard InChI is InChI=1S/C18H22N4O2S/c1-21-16(23)9-11(17(21)15-7-4-8-25-15)18(24)20-13-5-3-6-14-12(13)10-19-22(14)2/h4,7-8,10-11,13,17H,3,5-6,9H2,1-2H3,(H,20,24)/t11-,13+,17+/m0/s1. The molecule has 2 amide bonds. The number of amides is 2. The Labute approximate surface area is 150 Å². The summed E-state index contributed by atoms with van der Waals surface area (Å²) in [5.74, 6) is -0.333. The highest BCUT2D eigenvalue weighted by atomic mass is 32.1. The van der Waals surface area contributed by atoms with Gasteiger partial charge in [0.15, 0.2) is 0 Å². The van der Waals surface area contributed by atoms with Gasteiger partial charge in [0.1, 0.15) is 0 Å². The fourth-order valence-corrected chi connectivity index (χ4v) is 5.02. The molecular weight excluding hydrogens is 336 g/mol. The maximum Gasteiger partial charge on any atom is 0.226 e. The first-order valence-electron chi connectivity index (χ1n) is 8.66. The van der Waals surface area contributed by atoms with E-state index >= 15 is 0 Å². The zero-order valence-corrected chi connectivity index (χ0v) is 15.3. The number of carbonyl (C=O) groups is 2. The molecule has 25 heavy (non-hydrogen) atoms. The van der Waals surface area contributed by atoms with Crippen LogP contribution in [-0.2, 0) is 23.1 Å². The number of hydrogen-bond donors (Lipinski definition) is 1. The van der Waals surface area contributed by atoms with E-state index in [-0.39, 0.29) is 36.2 Å². The van der Waals surface area contributed by atoms with Gasteiger partial charge in [-0.15, -0.1) is 11.3 Å². The van der Waals surface area contributed by atoms with Crippen molar-refractivity contribution in [1.82, 2.24) is 20.0 Å². The third-order valence-corrected chi connectivity index (χ3v) is 6.39. The highest BCUT2D eigenvalue weighted by Crippen LogP contribution is 2.40. The molecule has 0 unspecified atom stereocenters. The summed E-state index contributed by atoms with van der Waals surface area (Å²) in [5, 5.41) is 9.52. The molecule has 2 aromatic rings. The van der Waals surface area contributed by atoms with E-state index in [2.05, 4.69) is 10.4 Å². The van der Waals surface area contributed by atoms with Gasteiger partial charge in [0, 0.05) is 36.7 Å². The van der Waals surface area contributed by atoms with Gasteiger partial charge in [0.25, 0.3) is 0 Å². The predicted octanol–water partition coefficient (Wildman–Crippen LogP) is 2.19. The van der Waals surface area contributed by atoms with Crippen LogP contribution in [0.2, 0.25) is 0 Å². The molecule has 132 valence electrons. The van der Waals surface area contributed by atoms with Gasteiger partial charge in [-0.1, -0.05) is 6.07 Å². The zero-order chi connectivity index (χ0) is 17.6. The first-order valence-corrected chi connectivity index (χ1v) is 9.54. The molecule has 1 aliphatic heterocycles. The van der Waals surface area contributed by atoms with Gasteiger partial charge >= 0.3 is 0 Å². The van der Waals surface area contributed by atoms with E-state index in [9.17, 15) is 9.59 Å². The van der Waals surface area contributed by atoms with Crippen molar-refractivity contribution in [2.75, 3.05) is 7.05 Å². The topological polar surface area (TPSA) is 67.2 Å². The average molecular weight is 358 g/mol. The fraction of sp³-hybridized carbons (Fsp3) is 0.500. The van der Waals surface area contributed by atoms with E-state index in [4.69, 9.17) is 0 Å². The number of nitrogens with zero attached hydrogens (tertiary/aromatic N) is 3. The fourth-order valence-electron chi connectivity index (χ4n) is 4.09. The van der Waals surface area contributed by atoms with E-state index in [1.165, 1.54) is 5.69 Å². The summed E-state index contributed by atoms with van der Waals surface area (Å²) in [6.45, 7) is 0. The Morgan fingerprint density at radius 2 is 2.24 bits per heavy atom. The second-order valence-corrected chi connectivity index (χ2v) is 7.88. The normalized spacial score (nSPS) is 25.9. The maximum absolute atomic E-state index is 13.0. The van der Waals surface area contributed by atoms with Gasteiger partial charge < -0.3 is 10.2 Å². The first-order chi connectivity index (χ1) is 12.1. The zero-order valence-electron chi connectivity index (χ0n) is 14.4. The minimum absolute atomic E-state index is 0.00468. The number of aromatic nitrogens is 2. The molecule has 7 heteroatoms. The lowest BCUT2D eigenvalue weighted by Crippen LogP contribution is -2.37. The Morgan fingerprint density at radius 1 is 1.40 bits per heavy atom. The second-order valence-electron chi connectivity index (χ2n) is 6.90. The van der Waals surface area contributed by atoms with Crippen molar-refractivity contribution >= 4 is 23.2 Å². The molecule has 3 heterocycles. The predicted molar refractivity (Wildman–Crippen MR) is 95.0 cm³/mol. The Bertz CT molecular complexity index is 798. The van der Waals surface area contributed by atoms with Crippen LogP contribution in [0.15, 0.2) is 23.7 Å². The van der Waals surface area contributed by atoms with E-state index in [1.807, 2.05) is 35.4 Å². The Morgan fingerprint density at radius 3 is 3.00 bits per heavy atom. The molecule has 0 radical (unpaired) electrons. The highest BCUT2D eigenvalue weighted by molar-refractivity contribution is 7.10. The van der Waals surface area contributed by atoms with Crippen molar-refractivity contribution in [2.45, 2.75) is 37.8 Å². The largest absolute Gasteiger partial charge is 0.349 e. The SMILES string of the molecule is CN1C(=O)C[C@H](C(=O)N[C@@H]2CCCc3c2cnn3C)[C@@H]1c1cccs1. The average Bonchev–Trinajstić information content (AvgIpc) is 3.30. The van der Waals surface area contributed by atoms with Gasteiger partial charge in [0.05, 0.1) is 24.2 Å². The van der Waals surface area contributed by atoms with Gasteiger partial charge in [-0.3, -0.25) is 14.3 Å². The number of hydrogen-bond acceptors (Lipinski definition) is 4. The molecular formula is C18H22N4O2S. The first kappa shape index (κ1) is 16.3. The van der Waals surface area contributed by atoms with Crippen molar-refractivity contribution in [3.8, 4) is 0 Å². The minimum Gasteiger partial charge on any atom is -0.349 e. The quantitative estimate of drug-likeness (QED) is 0.915. The lowest BCUT2D eigenvalue weighted by Gasteiger charge is -2.27. The van der Waals surface area contributed by atoms with Crippen molar-refractivity contribution < 1.29 is 9.59 Å². The van der Waals surface area contributed by atoms with E-state index in [1.54, 1.807) is 23.3 Å². The number of thiophene rings is 1. The maximum atomic E-state index is 13.0. The number of carbonyl (C=O) groups excluding carboxylic acids is 2. The second kappa shape index (κ2) is 6.29. The Kier molecular flexibility index (Phi) is 4.11. The van der Waals surface area contributed by atoms with Crippen LogP contribution in [0.3, 0.4) is 0 Å². The van der Waals surface area contributed by atoms with Gasteiger partial charge in [0.2, 0.25) is 11.8 Å². The summed E-state index contributed by atoms with van der Waals surface area (Å²) in [4.78, 5) is 28.0. The molecule has 0 aromatic carbocycles. The smallest absolute Gasteiger partial charge is 0.226 e. The number of likely N-dealkylation sites (tertiary alicyclic amines) is 1. The van der Waals surface area contributed by atoms with Crippen LogP contribution in [0.4, 0.5) is 0 Å². The van der Waals surface area contributed by atoms with Crippen LogP contribution in [0, 0.1) is 5.92 Å². The Balaban J connectivity index is 1.56.